The molecule has 0 spiro atoms. The number of piperidine rings is 1. The molecule has 1 aliphatic carbocycles. The molecule has 2 amide bonds. The Morgan fingerprint density at radius 1 is 1.24 bits per heavy atom. The van der Waals surface area contributed by atoms with Gasteiger partial charge in [0.2, 0.25) is 11.8 Å². The Morgan fingerprint density at radius 2 is 1.90 bits per heavy atom. The molecule has 3 rings (SSSR count). The van der Waals surface area contributed by atoms with E-state index >= 15 is 0 Å². The number of imide groups is 1. The van der Waals surface area contributed by atoms with Crippen molar-refractivity contribution < 1.29 is 9.59 Å². The van der Waals surface area contributed by atoms with E-state index < -0.39 is 0 Å². The molecule has 2 unspecified atom stereocenters. The Balaban J connectivity index is 2.02. The van der Waals surface area contributed by atoms with Gasteiger partial charge in [-0.2, -0.15) is 0 Å². The van der Waals surface area contributed by atoms with Crippen LogP contribution in [0.1, 0.15) is 30.4 Å². The predicted molar refractivity (Wildman–Crippen MR) is 80.4 cm³/mol. The zero-order chi connectivity index (χ0) is 15.0. The largest absolute Gasteiger partial charge is 0.320 e. The molecular weight excluding hydrogens is 264 g/mol. The fraction of sp³-hybridized carbons (Fsp3) is 0.412. The number of amides is 2. The summed E-state index contributed by atoms with van der Waals surface area (Å²) in [5.41, 5.74) is 7.75. The molecular formula is C17H18N2O2. The third kappa shape index (κ3) is 2.34. The van der Waals surface area contributed by atoms with E-state index in [0.717, 1.165) is 30.4 Å². The number of anilines is 1. The molecule has 21 heavy (non-hydrogen) atoms. The zero-order valence-corrected chi connectivity index (χ0v) is 12.1. The van der Waals surface area contributed by atoms with Crippen LogP contribution in [0.25, 0.3) is 0 Å². The van der Waals surface area contributed by atoms with Crippen molar-refractivity contribution in [2.24, 2.45) is 17.6 Å². The van der Waals surface area contributed by atoms with E-state index in [1.807, 2.05) is 25.1 Å². The fourth-order valence-electron chi connectivity index (χ4n) is 3.22. The van der Waals surface area contributed by atoms with Crippen molar-refractivity contribution in [1.82, 2.24) is 0 Å². The van der Waals surface area contributed by atoms with E-state index in [1.54, 1.807) is 0 Å². The molecule has 2 aliphatic rings. The van der Waals surface area contributed by atoms with Crippen LogP contribution < -0.4 is 10.6 Å². The highest BCUT2D eigenvalue weighted by atomic mass is 16.2. The Bertz CT molecular complexity index is 647. The van der Waals surface area contributed by atoms with Gasteiger partial charge in [0.1, 0.15) is 0 Å². The SMILES string of the molecule is Cc1ccc(C#CCN)cc1N1C(=O)C2CCC(C2)C1=O. The van der Waals surface area contributed by atoms with Gasteiger partial charge in [0, 0.05) is 17.4 Å². The first kappa shape index (κ1) is 13.8. The second-order valence-electron chi connectivity index (χ2n) is 5.73. The van der Waals surface area contributed by atoms with Crippen LogP contribution >= 0.6 is 0 Å². The molecule has 4 nitrogen and oxygen atoms in total. The van der Waals surface area contributed by atoms with Gasteiger partial charge in [-0.3, -0.25) is 9.59 Å². The summed E-state index contributed by atoms with van der Waals surface area (Å²) in [7, 11) is 0. The number of fused-ring (bicyclic) bond motifs is 2. The maximum atomic E-state index is 12.5. The number of benzene rings is 1. The van der Waals surface area contributed by atoms with Crippen LogP contribution in [0.4, 0.5) is 5.69 Å². The summed E-state index contributed by atoms with van der Waals surface area (Å²) < 4.78 is 0. The second-order valence-corrected chi connectivity index (χ2v) is 5.73. The molecule has 108 valence electrons. The number of aryl methyl sites for hydroxylation is 1. The summed E-state index contributed by atoms with van der Waals surface area (Å²) in [5.74, 6) is 5.65. The van der Waals surface area contributed by atoms with Crippen molar-refractivity contribution in [2.45, 2.75) is 26.2 Å². The molecule has 0 aromatic heterocycles. The maximum absolute atomic E-state index is 12.5. The third-order valence-corrected chi connectivity index (χ3v) is 4.36. The van der Waals surface area contributed by atoms with E-state index in [4.69, 9.17) is 5.73 Å². The summed E-state index contributed by atoms with van der Waals surface area (Å²) >= 11 is 0. The van der Waals surface area contributed by atoms with Crippen molar-refractivity contribution in [3.63, 3.8) is 0 Å². The minimum absolute atomic E-state index is 0.00545. The van der Waals surface area contributed by atoms with Gasteiger partial charge in [-0.1, -0.05) is 17.9 Å². The average Bonchev–Trinajstić information content (AvgIpc) is 2.93. The molecule has 1 aromatic rings. The van der Waals surface area contributed by atoms with E-state index in [1.165, 1.54) is 4.90 Å². The van der Waals surface area contributed by atoms with E-state index in [-0.39, 0.29) is 30.2 Å². The average molecular weight is 282 g/mol. The molecule has 1 aliphatic heterocycles. The summed E-state index contributed by atoms with van der Waals surface area (Å²) in [5, 5.41) is 0. The number of carbonyl (C=O) groups is 2. The monoisotopic (exact) mass is 282 g/mol. The van der Waals surface area contributed by atoms with Gasteiger partial charge in [0.05, 0.1) is 12.2 Å². The minimum atomic E-state index is -0.0548. The summed E-state index contributed by atoms with van der Waals surface area (Å²) in [4.78, 5) is 26.4. The van der Waals surface area contributed by atoms with Crippen LogP contribution in [0.2, 0.25) is 0 Å². The number of carbonyl (C=O) groups excluding carboxylic acids is 2. The van der Waals surface area contributed by atoms with Gasteiger partial charge in [0.15, 0.2) is 0 Å². The van der Waals surface area contributed by atoms with Gasteiger partial charge in [-0.15, -0.1) is 0 Å². The molecule has 2 N–H and O–H groups in total. The lowest BCUT2D eigenvalue weighted by molar-refractivity contribution is -0.133. The topological polar surface area (TPSA) is 63.4 Å². The van der Waals surface area contributed by atoms with E-state index in [9.17, 15) is 9.59 Å². The molecule has 4 heteroatoms. The van der Waals surface area contributed by atoms with Crippen LogP contribution in [-0.2, 0) is 9.59 Å². The number of hydrogen-bond donors (Lipinski definition) is 1. The Hall–Kier alpha value is -2.12. The normalized spacial score (nSPS) is 24.0. The fourth-order valence-corrected chi connectivity index (χ4v) is 3.22. The smallest absolute Gasteiger partial charge is 0.236 e. The van der Waals surface area contributed by atoms with Gasteiger partial charge < -0.3 is 5.73 Å². The van der Waals surface area contributed by atoms with Crippen molar-refractivity contribution in [3.8, 4) is 11.8 Å². The molecule has 1 aromatic carbocycles. The Morgan fingerprint density at radius 3 is 2.52 bits per heavy atom. The first-order valence-electron chi connectivity index (χ1n) is 7.29. The highest BCUT2D eigenvalue weighted by Gasteiger charge is 2.46. The number of nitrogens with two attached hydrogens (primary N) is 1. The number of nitrogens with zero attached hydrogens (tertiary/aromatic N) is 1. The molecule has 1 saturated carbocycles. The molecule has 1 heterocycles. The van der Waals surface area contributed by atoms with Crippen LogP contribution in [0.5, 0.6) is 0 Å². The van der Waals surface area contributed by atoms with E-state index in [2.05, 4.69) is 11.8 Å². The van der Waals surface area contributed by atoms with Crippen LogP contribution in [0, 0.1) is 30.6 Å². The van der Waals surface area contributed by atoms with Crippen molar-refractivity contribution in [1.29, 1.82) is 0 Å². The zero-order valence-electron chi connectivity index (χ0n) is 12.1. The molecule has 2 fully saturated rings. The van der Waals surface area contributed by atoms with E-state index in [0.29, 0.717) is 5.69 Å². The highest BCUT2D eigenvalue weighted by molar-refractivity contribution is 6.19. The van der Waals surface area contributed by atoms with Crippen LogP contribution in [-0.4, -0.2) is 18.4 Å². The maximum Gasteiger partial charge on any atom is 0.236 e. The molecule has 2 bridgehead atoms. The third-order valence-electron chi connectivity index (χ3n) is 4.36. The number of hydrogen-bond acceptors (Lipinski definition) is 3. The Kier molecular flexibility index (Phi) is 3.52. The molecule has 1 saturated heterocycles. The van der Waals surface area contributed by atoms with Crippen LogP contribution in [0.3, 0.4) is 0 Å². The lowest BCUT2D eigenvalue weighted by atomic mass is 9.95. The van der Waals surface area contributed by atoms with Gasteiger partial charge in [0.25, 0.3) is 0 Å². The van der Waals surface area contributed by atoms with Crippen molar-refractivity contribution >= 4 is 17.5 Å². The second kappa shape index (κ2) is 5.34. The van der Waals surface area contributed by atoms with Gasteiger partial charge >= 0.3 is 0 Å². The summed E-state index contributed by atoms with van der Waals surface area (Å²) in [6, 6.07) is 5.60. The summed E-state index contributed by atoms with van der Waals surface area (Å²) in [6.45, 7) is 2.20. The quantitative estimate of drug-likeness (QED) is 0.628. The van der Waals surface area contributed by atoms with Crippen molar-refractivity contribution in [2.75, 3.05) is 11.4 Å². The minimum Gasteiger partial charge on any atom is -0.320 e. The van der Waals surface area contributed by atoms with Gasteiger partial charge in [-0.05, 0) is 43.9 Å². The summed E-state index contributed by atoms with van der Waals surface area (Å²) in [6.07, 6.45) is 2.38. The standard InChI is InChI=1S/C17H18N2O2/c1-11-4-5-12(3-2-8-18)9-15(11)19-16(20)13-6-7-14(10-13)17(19)21/h4-5,9,13-14H,6-8,10,18H2,1H3. The lowest BCUT2D eigenvalue weighted by Gasteiger charge is -2.30. The van der Waals surface area contributed by atoms with Crippen molar-refractivity contribution in [3.05, 3.63) is 29.3 Å². The Labute approximate surface area is 124 Å². The molecule has 2 atom stereocenters. The van der Waals surface area contributed by atoms with Crippen LogP contribution in [0.15, 0.2) is 18.2 Å². The lowest BCUT2D eigenvalue weighted by Crippen LogP contribution is -2.46. The van der Waals surface area contributed by atoms with Gasteiger partial charge in [-0.25, -0.2) is 4.90 Å². The first-order chi connectivity index (χ1) is 10.1. The highest BCUT2D eigenvalue weighted by Crippen LogP contribution is 2.40. The number of rotatable bonds is 1. The predicted octanol–water partition coefficient (Wildman–Crippen LogP) is 1.59. The first-order valence-corrected chi connectivity index (χ1v) is 7.29. The molecule has 0 radical (unpaired) electrons.